The minimum absolute atomic E-state index is 0.640. The van der Waals surface area contributed by atoms with Gasteiger partial charge in [-0.25, -0.2) is 0 Å². The highest BCUT2D eigenvalue weighted by Gasteiger charge is 2.02. The summed E-state index contributed by atoms with van der Waals surface area (Å²) in [5, 5.41) is 13.2. The molecule has 1 rings (SSSR count). The van der Waals surface area contributed by atoms with Crippen molar-refractivity contribution in [1.29, 1.82) is 0 Å². The van der Waals surface area contributed by atoms with Crippen LogP contribution in [0.5, 0.6) is 0 Å². The van der Waals surface area contributed by atoms with Crippen molar-refractivity contribution in [3.05, 3.63) is 5.01 Å². The molecule has 5 heteroatoms. The zero-order valence-electron chi connectivity index (χ0n) is 8.79. The van der Waals surface area contributed by atoms with Gasteiger partial charge in [0.25, 0.3) is 0 Å². The lowest BCUT2D eigenvalue weighted by Gasteiger charge is -2.03. The van der Waals surface area contributed by atoms with E-state index in [2.05, 4.69) is 29.4 Å². The highest BCUT2D eigenvalue weighted by molar-refractivity contribution is 7.15. The molecule has 0 spiro atoms. The fourth-order valence-electron chi connectivity index (χ4n) is 1.02. The van der Waals surface area contributed by atoms with Gasteiger partial charge in [0, 0.05) is 13.0 Å². The molecule has 1 heterocycles. The third kappa shape index (κ3) is 4.02. The molecule has 0 atom stereocenters. The lowest BCUT2D eigenvalue weighted by Crippen LogP contribution is -2.04. The molecule has 0 amide bonds. The maximum Gasteiger partial charge on any atom is 0.205 e. The fourth-order valence-corrected chi connectivity index (χ4v) is 1.80. The van der Waals surface area contributed by atoms with E-state index in [0.717, 1.165) is 35.4 Å². The van der Waals surface area contributed by atoms with Gasteiger partial charge in [-0.3, -0.25) is 0 Å². The number of nitrogens with one attached hydrogen (secondary N) is 1. The number of anilines is 1. The van der Waals surface area contributed by atoms with Crippen molar-refractivity contribution >= 4 is 16.5 Å². The fraction of sp³-hybridized carbons (Fsp3) is 0.778. The Kier molecular flexibility index (Phi) is 4.82. The number of nitrogens with zero attached hydrogens (tertiary/aromatic N) is 2. The van der Waals surface area contributed by atoms with Crippen LogP contribution in [0, 0.1) is 5.92 Å². The van der Waals surface area contributed by atoms with Gasteiger partial charge in [0.1, 0.15) is 5.01 Å². The molecule has 0 saturated heterocycles. The molecule has 0 aliphatic rings. The molecule has 0 unspecified atom stereocenters. The topological polar surface area (TPSA) is 63.8 Å². The molecular weight excluding hydrogens is 196 g/mol. The number of rotatable bonds is 6. The highest BCUT2D eigenvalue weighted by atomic mass is 32.1. The maximum atomic E-state index is 5.43. The van der Waals surface area contributed by atoms with E-state index in [1.807, 2.05) is 0 Å². The quantitative estimate of drug-likeness (QED) is 0.753. The van der Waals surface area contributed by atoms with E-state index in [-0.39, 0.29) is 0 Å². The zero-order chi connectivity index (χ0) is 10.4. The summed E-state index contributed by atoms with van der Waals surface area (Å²) in [6, 6.07) is 0. The Morgan fingerprint density at radius 3 is 2.86 bits per heavy atom. The molecule has 0 aliphatic heterocycles. The SMILES string of the molecule is CC(C)CCNc1nnc(CCN)s1. The van der Waals surface area contributed by atoms with Crippen molar-refractivity contribution in [2.45, 2.75) is 26.7 Å². The second kappa shape index (κ2) is 5.93. The molecule has 3 N–H and O–H groups in total. The molecule has 0 aromatic carbocycles. The van der Waals surface area contributed by atoms with Crippen LogP contribution >= 0.6 is 11.3 Å². The molecule has 14 heavy (non-hydrogen) atoms. The van der Waals surface area contributed by atoms with Crippen molar-refractivity contribution in [3.63, 3.8) is 0 Å². The first-order valence-corrected chi connectivity index (χ1v) is 5.80. The van der Waals surface area contributed by atoms with E-state index in [1.165, 1.54) is 0 Å². The summed E-state index contributed by atoms with van der Waals surface area (Å²) in [5.74, 6) is 0.721. The minimum Gasteiger partial charge on any atom is -0.360 e. The second-order valence-corrected chi connectivity index (χ2v) is 4.71. The van der Waals surface area contributed by atoms with Crippen LogP contribution in [0.2, 0.25) is 0 Å². The average molecular weight is 214 g/mol. The van der Waals surface area contributed by atoms with Gasteiger partial charge in [-0.05, 0) is 18.9 Å². The van der Waals surface area contributed by atoms with Crippen LogP contribution in [-0.2, 0) is 6.42 Å². The molecule has 1 aromatic heterocycles. The molecule has 0 radical (unpaired) electrons. The van der Waals surface area contributed by atoms with Crippen LogP contribution in [-0.4, -0.2) is 23.3 Å². The van der Waals surface area contributed by atoms with Crippen LogP contribution in [0.3, 0.4) is 0 Å². The normalized spacial score (nSPS) is 10.9. The lowest BCUT2D eigenvalue weighted by atomic mass is 10.1. The Morgan fingerprint density at radius 1 is 1.43 bits per heavy atom. The summed E-state index contributed by atoms with van der Waals surface area (Å²) in [7, 11) is 0. The Bertz CT molecular complexity index is 259. The summed E-state index contributed by atoms with van der Waals surface area (Å²) >= 11 is 1.60. The van der Waals surface area contributed by atoms with E-state index in [0.29, 0.717) is 6.54 Å². The van der Waals surface area contributed by atoms with Gasteiger partial charge in [0.05, 0.1) is 0 Å². The van der Waals surface area contributed by atoms with Crippen LogP contribution in [0.4, 0.5) is 5.13 Å². The standard InChI is InChI=1S/C9H18N4S/c1-7(2)4-6-11-9-13-12-8(14-9)3-5-10/h7H,3-6,10H2,1-2H3,(H,11,13). The smallest absolute Gasteiger partial charge is 0.205 e. The number of hydrogen-bond donors (Lipinski definition) is 2. The third-order valence-electron chi connectivity index (χ3n) is 1.82. The summed E-state index contributed by atoms with van der Waals surface area (Å²) in [5.41, 5.74) is 5.43. The first-order chi connectivity index (χ1) is 6.72. The molecule has 1 aromatic rings. The van der Waals surface area contributed by atoms with E-state index >= 15 is 0 Å². The van der Waals surface area contributed by atoms with Gasteiger partial charge in [-0.2, -0.15) is 0 Å². The van der Waals surface area contributed by atoms with Crippen LogP contribution in [0.25, 0.3) is 0 Å². The Morgan fingerprint density at radius 2 is 2.21 bits per heavy atom. The summed E-state index contributed by atoms with van der Waals surface area (Å²) in [6.45, 7) is 6.03. The van der Waals surface area contributed by atoms with Crippen molar-refractivity contribution in [2.75, 3.05) is 18.4 Å². The molecule has 0 fully saturated rings. The number of aromatic nitrogens is 2. The third-order valence-corrected chi connectivity index (χ3v) is 2.76. The molecular formula is C9H18N4S. The first-order valence-electron chi connectivity index (χ1n) is 4.98. The van der Waals surface area contributed by atoms with Gasteiger partial charge < -0.3 is 11.1 Å². The Balaban J connectivity index is 2.28. The highest BCUT2D eigenvalue weighted by Crippen LogP contribution is 2.15. The molecule has 0 saturated carbocycles. The van der Waals surface area contributed by atoms with E-state index in [4.69, 9.17) is 5.73 Å². The van der Waals surface area contributed by atoms with Crippen molar-refractivity contribution in [1.82, 2.24) is 10.2 Å². The van der Waals surface area contributed by atoms with E-state index in [9.17, 15) is 0 Å². The van der Waals surface area contributed by atoms with Gasteiger partial charge in [0.2, 0.25) is 5.13 Å². The van der Waals surface area contributed by atoms with Crippen LogP contribution < -0.4 is 11.1 Å². The molecule has 0 bridgehead atoms. The van der Waals surface area contributed by atoms with Gasteiger partial charge in [0.15, 0.2) is 0 Å². The predicted molar refractivity (Wildman–Crippen MR) is 60.6 cm³/mol. The van der Waals surface area contributed by atoms with Crippen molar-refractivity contribution in [2.24, 2.45) is 11.7 Å². The molecule has 80 valence electrons. The molecule has 4 nitrogen and oxygen atoms in total. The van der Waals surface area contributed by atoms with Crippen LogP contribution in [0.1, 0.15) is 25.3 Å². The van der Waals surface area contributed by atoms with Crippen molar-refractivity contribution < 1.29 is 0 Å². The van der Waals surface area contributed by atoms with Gasteiger partial charge >= 0.3 is 0 Å². The van der Waals surface area contributed by atoms with Crippen LogP contribution in [0.15, 0.2) is 0 Å². The van der Waals surface area contributed by atoms with Crippen molar-refractivity contribution in [3.8, 4) is 0 Å². The Labute approximate surface area is 88.9 Å². The second-order valence-electron chi connectivity index (χ2n) is 3.65. The summed E-state index contributed by atoms with van der Waals surface area (Å²) in [6.07, 6.45) is 1.98. The monoisotopic (exact) mass is 214 g/mol. The zero-order valence-corrected chi connectivity index (χ0v) is 9.60. The van der Waals surface area contributed by atoms with Gasteiger partial charge in [-0.1, -0.05) is 25.2 Å². The minimum atomic E-state index is 0.640. The average Bonchev–Trinajstić information content (AvgIpc) is 2.53. The maximum absolute atomic E-state index is 5.43. The first kappa shape index (κ1) is 11.4. The predicted octanol–water partition coefficient (Wildman–Crippen LogP) is 1.50. The van der Waals surface area contributed by atoms with E-state index in [1.54, 1.807) is 11.3 Å². The summed E-state index contributed by atoms with van der Waals surface area (Å²) in [4.78, 5) is 0. The molecule has 0 aliphatic carbocycles. The largest absolute Gasteiger partial charge is 0.360 e. The number of nitrogens with two attached hydrogens (primary N) is 1. The summed E-state index contributed by atoms with van der Waals surface area (Å²) < 4.78 is 0. The Hall–Kier alpha value is -0.680. The lowest BCUT2D eigenvalue weighted by molar-refractivity contribution is 0.607. The number of hydrogen-bond acceptors (Lipinski definition) is 5. The van der Waals surface area contributed by atoms with Gasteiger partial charge in [-0.15, -0.1) is 10.2 Å². The van der Waals surface area contributed by atoms with E-state index < -0.39 is 0 Å².